The molecule has 2 N–H and O–H groups in total. The molecular formula is C25H34IN5O. The van der Waals surface area contributed by atoms with Crippen molar-refractivity contribution in [2.24, 2.45) is 4.99 Å². The number of rotatable bonds is 6. The number of methoxy groups -OCH3 is 1. The molecule has 7 heteroatoms. The van der Waals surface area contributed by atoms with Gasteiger partial charge in [-0.2, -0.15) is 0 Å². The van der Waals surface area contributed by atoms with Crippen molar-refractivity contribution in [1.29, 1.82) is 0 Å². The van der Waals surface area contributed by atoms with Crippen molar-refractivity contribution >= 4 is 41.3 Å². The zero-order valence-corrected chi connectivity index (χ0v) is 21.3. The fourth-order valence-corrected chi connectivity index (χ4v) is 4.29. The van der Waals surface area contributed by atoms with Crippen LogP contribution in [0, 0.1) is 0 Å². The second-order valence-corrected chi connectivity index (χ2v) is 8.07. The maximum atomic E-state index is 5.56. The summed E-state index contributed by atoms with van der Waals surface area (Å²) in [5, 5.41) is 7.08. The molecule has 2 aromatic carbocycles. The fourth-order valence-electron chi connectivity index (χ4n) is 4.29. The molecule has 6 nitrogen and oxygen atoms in total. The first-order valence-electron chi connectivity index (χ1n) is 11.1. The van der Waals surface area contributed by atoms with E-state index in [0.717, 1.165) is 63.0 Å². The Morgan fingerprint density at radius 3 is 2.53 bits per heavy atom. The normalized spacial score (nSPS) is 18.3. The highest BCUT2D eigenvalue weighted by Gasteiger charge is 2.22. The number of nitrogens with one attached hydrogen (secondary N) is 2. The Morgan fingerprint density at radius 2 is 1.81 bits per heavy atom. The van der Waals surface area contributed by atoms with E-state index in [0.29, 0.717) is 6.04 Å². The van der Waals surface area contributed by atoms with Crippen LogP contribution in [0.2, 0.25) is 0 Å². The van der Waals surface area contributed by atoms with Gasteiger partial charge in [0.05, 0.1) is 12.8 Å². The average Bonchev–Trinajstić information content (AvgIpc) is 3.37. The van der Waals surface area contributed by atoms with Crippen molar-refractivity contribution in [2.75, 3.05) is 50.1 Å². The molecule has 1 fully saturated rings. The molecule has 2 aromatic rings. The number of halogens is 1. The largest absolute Gasteiger partial charge is 0.495 e. The summed E-state index contributed by atoms with van der Waals surface area (Å²) in [6, 6.07) is 17.4. The van der Waals surface area contributed by atoms with Gasteiger partial charge in [0.2, 0.25) is 0 Å². The van der Waals surface area contributed by atoms with E-state index >= 15 is 0 Å². The van der Waals surface area contributed by atoms with Gasteiger partial charge in [0, 0.05) is 51.5 Å². The van der Waals surface area contributed by atoms with Crippen LogP contribution in [0.25, 0.3) is 0 Å². The molecule has 1 atom stereocenters. The summed E-state index contributed by atoms with van der Waals surface area (Å²) in [6.07, 6.45) is 6.70. The molecule has 2 heterocycles. The van der Waals surface area contributed by atoms with Gasteiger partial charge in [0.25, 0.3) is 0 Å². The molecule has 1 unspecified atom stereocenters. The van der Waals surface area contributed by atoms with E-state index in [9.17, 15) is 0 Å². The van der Waals surface area contributed by atoms with E-state index in [1.165, 1.54) is 11.3 Å². The Kier molecular flexibility index (Phi) is 9.08. The smallest absolute Gasteiger partial charge is 0.191 e. The van der Waals surface area contributed by atoms with E-state index in [1.807, 2.05) is 19.2 Å². The van der Waals surface area contributed by atoms with Gasteiger partial charge in [0.15, 0.2) is 5.96 Å². The Bertz CT molecular complexity index is 907. The Balaban J connectivity index is 0.00000289. The van der Waals surface area contributed by atoms with Gasteiger partial charge in [-0.3, -0.25) is 4.99 Å². The second-order valence-electron chi connectivity index (χ2n) is 8.07. The SMILES string of the molecule is CN=C(NCc1ccc(N2CC=CC2)cc1)NC1CCCN(c2ccccc2OC)C1.I. The van der Waals surface area contributed by atoms with Crippen LogP contribution < -0.4 is 25.2 Å². The second kappa shape index (κ2) is 12.0. The van der Waals surface area contributed by atoms with Gasteiger partial charge in [-0.05, 0) is 42.7 Å². The van der Waals surface area contributed by atoms with Crippen LogP contribution in [-0.4, -0.2) is 52.3 Å². The molecule has 0 aliphatic carbocycles. The molecule has 172 valence electrons. The number of hydrogen-bond acceptors (Lipinski definition) is 4. The first-order chi connectivity index (χ1) is 15.3. The van der Waals surface area contributed by atoms with Gasteiger partial charge < -0.3 is 25.2 Å². The number of anilines is 2. The molecular weight excluding hydrogens is 513 g/mol. The zero-order chi connectivity index (χ0) is 21.5. The lowest BCUT2D eigenvalue weighted by atomic mass is 10.0. The summed E-state index contributed by atoms with van der Waals surface area (Å²) in [5.74, 6) is 1.78. The number of nitrogens with zero attached hydrogens (tertiary/aromatic N) is 3. The van der Waals surface area contributed by atoms with E-state index < -0.39 is 0 Å². The molecule has 0 amide bonds. The Hall–Kier alpha value is -2.42. The summed E-state index contributed by atoms with van der Waals surface area (Å²) in [4.78, 5) is 9.20. The van der Waals surface area contributed by atoms with Gasteiger partial charge in [-0.1, -0.05) is 36.4 Å². The summed E-state index contributed by atoms with van der Waals surface area (Å²) in [7, 11) is 3.57. The summed E-state index contributed by atoms with van der Waals surface area (Å²) in [6.45, 7) is 4.73. The third-order valence-electron chi connectivity index (χ3n) is 5.99. The number of ether oxygens (including phenoxy) is 1. The lowest BCUT2D eigenvalue weighted by molar-refractivity contribution is 0.408. The Labute approximate surface area is 208 Å². The Morgan fingerprint density at radius 1 is 1.06 bits per heavy atom. The van der Waals surface area contributed by atoms with Crippen molar-refractivity contribution in [3.63, 3.8) is 0 Å². The number of guanidine groups is 1. The minimum Gasteiger partial charge on any atom is -0.495 e. The van der Waals surface area contributed by atoms with Crippen molar-refractivity contribution in [2.45, 2.75) is 25.4 Å². The van der Waals surface area contributed by atoms with Crippen LogP contribution in [0.1, 0.15) is 18.4 Å². The number of para-hydroxylation sites is 2. The van der Waals surface area contributed by atoms with Crippen molar-refractivity contribution in [1.82, 2.24) is 10.6 Å². The van der Waals surface area contributed by atoms with E-state index in [-0.39, 0.29) is 24.0 Å². The maximum Gasteiger partial charge on any atom is 0.191 e. The van der Waals surface area contributed by atoms with Gasteiger partial charge in [0.1, 0.15) is 5.75 Å². The van der Waals surface area contributed by atoms with E-state index in [1.54, 1.807) is 7.11 Å². The highest BCUT2D eigenvalue weighted by atomic mass is 127. The number of piperidine rings is 1. The van der Waals surface area contributed by atoms with Crippen LogP contribution >= 0.6 is 24.0 Å². The van der Waals surface area contributed by atoms with Crippen LogP contribution in [0.4, 0.5) is 11.4 Å². The summed E-state index contributed by atoms with van der Waals surface area (Å²) >= 11 is 0. The lowest BCUT2D eigenvalue weighted by Gasteiger charge is -2.36. The van der Waals surface area contributed by atoms with Gasteiger partial charge in [-0.15, -0.1) is 24.0 Å². The third kappa shape index (κ3) is 6.09. The van der Waals surface area contributed by atoms with Crippen LogP contribution in [0.15, 0.2) is 65.7 Å². The predicted octanol–water partition coefficient (Wildman–Crippen LogP) is 4.02. The van der Waals surface area contributed by atoms with Gasteiger partial charge >= 0.3 is 0 Å². The number of hydrogen-bond donors (Lipinski definition) is 2. The molecule has 2 aliphatic heterocycles. The summed E-state index contributed by atoms with van der Waals surface area (Å²) in [5.41, 5.74) is 3.68. The van der Waals surface area contributed by atoms with Crippen LogP contribution in [0.3, 0.4) is 0 Å². The zero-order valence-electron chi connectivity index (χ0n) is 19.0. The minimum atomic E-state index is 0. The first-order valence-corrected chi connectivity index (χ1v) is 11.1. The molecule has 0 saturated carbocycles. The van der Waals surface area contributed by atoms with Crippen LogP contribution in [-0.2, 0) is 6.54 Å². The average molecular weight is 547 g/mol. The van der Waals surface area contributed by atoms with Crippen molar-refractivity contribution in [3.05, 3.63) is 66.2 Å². The van der Waals surface area contributed by atoms with E-state index in [2.05, 4.69) is 74.0 Å². The van der Waals surface area contributed by atoms with Crippen LogP contribution in [0.5, 0.6) is 5.75 Å². The number of aliphatic imine (C=N–C) groups is 1. The van der Waals surface area contributed by atoms with Crippen molar-refractivity contribution in [3.8, 4) is 5.75 Å². The number of benzene rings is 2. The predicted molar refractivity (Wildman–Crippen MR) is 145 cm³/mol. The van der Waals surface area contributed by atoms with Gasteiger partial charge in [-0.25, -0.2) is 0 Å². The summed E-state index contributed by atoms with van der Waals surface area (Å²) < 4.78 is 5.56. The van der Waals surface area contributed by atoms with E-state index in [4.69, 9.17) is 4.74 Å². The lowest BCUT2D eigenvalue weighted by Crippen LogP contribution is -2.51. The molecule has 4 rings (SSSR count). The highest BCUT2D eigenvalue weighted by molar-refractivity contribution is 14.0. The molecule has 0 aromatic heterocycles. The molecule has 0 bridgehead atoms. The molecule has 32 heavy (non-hydrogen) atoms. The minimum absolute atomic E-state index is 0. The third-order valence-corrected chi connectivity index (χ3v) is 5.99. The molecule has 2 aliphatic rings. The standard InChI is InChI=1S/C25H33N5O.HI/c1-26-25(27-18-20-11-13-22(14-12-20)29-15-5-6-16-29)28-21-8-7-17-30(19-21)23-9-3-4-10-24(23)31-2;/h3-6,9-14,21H,7-8,15-19H2,1-2H3,(H2,26,27,28);1H. The molecule has 0 radical (unpaired) electrons. The first kappa shape index (κ1) is 24.2. The maximum absolute atomic E-state index is 5.56. The van der Waals surface area contributed by atoms with Crippen molar-refractivity contribution < 1.29 is 4.74 Å². The molecule has 1 saturated heterocycles. The highest BCUT2D eigenvalue weighted by Crippen LogP contribution is 2.29. The molecule has 0 spiro atoms. The quantitative estimate of drug-likeness (QED) is 0.248. The fraction of sp³-hybridized carbons (Fsp3) is 0.400. The topological polar surface area (TPSA) is 52.1 Å². The monoisotopic (exact) mass is 547 g/mol.